The van der Waals surface area contributed by atoms with Crippen molar-refractivity contribution in [2.75, 3.05) is 0 Å². The molecule has 3 aromatic rings. The van der Waals surface area contributed by atoms with Crippen LogP contribution in [-0.4, -0.2) is 14.6 Å². The number of benzene rings is 1. The van der Waals surface area contributed by atoms with Crippen LogP contribution in [0.1, 0.15) is 16.7 Å². The van der Waals surface area contributed by atoms with E-state index in [-0.39, 0.29) is 0 Å². The van der Waals surface area contributed by atoms with E-state index in [0.29, 0.717) is 12.4 Å². The van der Waals surface area contributed by atoms with Gasteiger partial charge in [-0.25, -0.2) is 9.50 Å². The molecule has 5 heteroatoms. The Bertz CT molecular complexity index is 740. The van der Waals surface area contributed by atoms with E-state index >= 15 is 0 Å². The molecule has 2 N–H and O–H groups in total. The van der Waals surface area contributed by atoms with Crippen molar-refractivity contribution >= 4 is 5.52 Å². The summed E-state index contributed by atoms with van der Waals surface area (Å²) >= 11 is 0. The summed E-state index contributed by atoms with van der Waals surface area (Å²) in [6, 6.07) is 5.96. The first kappa shape index (κ1) is 12.6. The van der Waals surface area contributed by atoms with Gasteiger partial charge < -0.3 is 10.5 Å². The molecule has 0 spiro atoms. The van der Waals surface area contributed by atoms with Crippen LogP contribution in [0.4, 0.5) is 0 Å². The van der Waals surface area contributed by atoms with Crippen molar-refractivity contribution in [1.29, 1.82) is 0 Å². The van der Waals surface area contributed by atoms with E-state index in [1.807, 2.05) is 32.0 Å². The molecule has 2 heterocycles. The summed E-state index contributed by atoms with van der Waals surface area (Å²) in [6.45, 7) is 4.55. The maximum Gasteiger partial charge on any atom is 0.245 e. The summed E-state index contributed by atoms with van der Waals surface area (Å²) in [6.07, 6.45) is 5.19. The Morgan fingerprint density at radius 3 is 2.65 bits per heavy atom. The average Bonchev–Trinajstić information content (AvgIpc) is 2.91. The molecule has 3 rings (SSSR count). The molecule has 0 radical (unpaired) electrons. The van der Waals surface area contributed by atoms with Gasteiger partial charge in [0.15, 0.2) is 0 Å². The van der Waals surface area contributed by atoms with E-state index in [1.54, 1.807) is 23.1 Å². The largest absolute Gasteiger partial charge is 0.436 e. The Morgan fingerprint density at radius 1 is 1.20 bits per heavy atom. The Labute approximate surface area is 117 Å². The molecule has 0 saturated heterocycles. The van der Waals surface area contributed by atoms with Crippen LogP contribution in [0.2, 0.25) is 0 Å². The second-order valence-corrected chi connectivity index (χ2v) is 4.76. The molecule has 0 saturated carbocycles. The predicted octanol–water partition coefficient (Wildman–Crippen LogP) is 2.60. The zero-order valence-electron chi connectivity index (χ0n) is 11.5. The van der Waals surface area contributed by atoms with Crippen LogP contribution in [0.3, 0.4) is 0 Å². The van der Waals surface area contributed by atoms with Crippen molar-refractivity contribution in [1.82, 2.24) is 14.6 Å². The highest BCUT2D eigenvalue weighted by atomic mass is 16.5. The minimum absolute atomic E-state index is 0.526. The number of nitrogens with two attached hydrogens (primary N) is 1. The molecule has 2 aromatic heterocycles. The quantitative estimate of drug-likeness (QED) is 0.793. The van der Waals surface area contributed by atoms with Gasteiger partial charge >= 0.3 is 0 Å². The first-order valence-corrected chi connectivity index (χ1v) is 6.45. The SMILES string of the molecule is Cc1cc(CN)cc(C)c1Oc1nccn2nccc12. The molecular formula is C15H16N4O. The van der Waals surface area contributed by atoms with E-state index in [9.17, 15) is 0 Å². The lowest BCUT2D eigenvalue weighted by atomic mass is 10.1. The molecule has 0 amide bonds. The van der Waals surface area contributed by atoms with Gasteiger partial charge in [0, 0.05) is 18.9 Å². The lowest BCUT2D eigenvalue weighted by Gasteiger charge is -2.13. The van der Waals surface area contributed by atoms with Crippen LogP contribution in [0, 0.1) is 13.8 Å². The normalized spacial score (nSPS) is 10.9. The summed E-state index contributed by atoms with van der Waals surface area (Å²) in [5.74, 6) is 1.38. The van der Waals surface area contributed by atoms with Crippen LogP contribution in [0.15, 0.2) is 36.8 Å². The Morgan fingerprint density at radius 2 is 1.95 bits per heavy atom. The van der Waals surface area contributed by atoms with Crippen LogP contribution >= 0.6 is 0 Å². The second kappa shape index (κ2) is 4.94. The smallest absolute Gasteiger partial charge is 0.245 e. The topological polar surface area (TPSA) is 65.4 Å². The first-order valence-electron chi connectivity index (χ1n) is 6.45. The second-order valence-electron chi connectivity index (χ2n) is 4.76. The summed E-state index contributed by atoms with van der Waals surface area (Å²) in [4.78, 5) is 4.29. The predicted molar refractivity (Wildman–Crippen MR) is 76.9 cm³/mol. The highest BCUT2D eigenvalue weighted by Gasteiger charge is 2.11. The molecule has 1 aromatic carbocycles. The number of fused-ring (bicyclic) bond motifs is 1. The molecule has 0 aliphatic carbocycles. The fourth-order valence-electron chi connectivity index (χ4n) is 2.33. The van der Waals surface area contributed by atoms with E-state index in [4.69, 9.17) is 10.5 Å². The van der Waals surface area contributed by atoms with Gasteiger partial charge in [0.1, 0.15) is 11.3 Å². The molecular weight excluding hydrogens is 252 g/mol. The Balaban J connectivity index is 2.05. The molecule has 0 fully saturated rings. The van der Waals surface area contributed by atoms with Gasteiger partial charge in [-0.05, 0) is 36.6 Å². The van der Waals surface area contributed by atoms with Gasteiger partial charge in [0.2, 0.25) is 5.88 Å². The third-order valence-corrected chi connectivity index (χ3v) is 3.24. The van der Waals surface area contributed by atoms with Crippen molar-refractivity contribution in [2.24, 2.45) is 5.73 Å². The summed E-state index contributed by atoms with van der Waals surface area (Å²) in [5.41, 5.74) is 9.73. The van der Waals surface area contributed by atoms with Crippen molar-refractivity contribution < 1.29 is 4.74 Å². The van der Waals surface area contributed by atoms with E-state index in [2.05, 4.69) is 10.1 Å². The van der Waals surface area contributed by atoms with Gasteiger partial charge in [-0.1, -0.05) is 12.1 Å². The van der Waals surface area contributed by atoms with Gasteiger partial charge in [0.05, 0.1) is 6.20 Å². The maximum absolute atomic E-state index is 6.00. The van der Waals surface area contributed by atoms with Gasteiger partial charge in [-0.3, -0.25) is 0 Å². The fourth-order valence-corrected chi connectivity index (χ4v) is 2.33. The molecule has 0 unspecified atom stereocenters. The average molecular weight is 268 g/mol. The third-order valence-electron chi connectivity index (χ3n) is 3.24. The number of nitrogens with zero attached hydrogens (tertiary/aromatic N) is 3. The van der Waals surface area contributed by atoms with E-state index in [1.165, 1.54) is 0 Å². The molecule has 0 aliphatic rings. The van der Waals surface area contributed by atoms with E-state index in [0.717, 1.165) is 28.0 Å². The minimum atomic E-state index is 0.526. The Kier molecular flexibility index (Phi) is 3.12. The first-order chi connectivity index (χ1) is 9.69. The minimum Gasteiger partial charge on any atom is -0.436 e. The molecule has 5 nitrogen and oxygen atoms in total. The van der Waals surface area contributed by atoms with Crippen LogP contribution in [-0.2, 0) is 6.54 Å². The zero-order chi connectivity index (χ0) is 14.1. The maximum atomic E-state index is 6.00. The van der Waals surface area contributed by atoms with Crippen molar-refractivity contribution in [3.63, 3.8) is 0 Å². The summed E-state index contributed by atoms with van der Waals surface area (Å²) < 4.78 is 7.74. The van der Waals surface area contributed by atoms with Gasteiger partial charge in [-0.15, -0.1) is 0 Å². The number of ether oxygens (including phenoxy) is 1. The van der Waals surface area contributed by atoms with Crippen molar-refractivity contribution in [3.05, 3.63) is 53.5 Å². The summed E-state index contributed by atoms with van der Waals surface area (Å²) in [5, 5.41) is 4.17. The van der Waals surface area contributed by atoms with E-state index < -0.39 is 0 Å². The Hall–Kier alpha value is -2.40. The molecule has 0 bridgehead atoms. The molecule has 20 heavy (non-hydrogen) atoms. The lowest BCUT2D eigenvalue weighted by Crippen LogP contribution is -2.01. The van der Waals surface area contributed by atoms with Crippen LogP contribution in [0.25, 0.3) is 5.52 Å². The highest BCUT2D eigenvalue weighted by Crippen LogP contribution is 2.30. The number of aryl methyl sites for hydroxylation is 2. The fraction of sp³-hybridized carbons (Fsp3) is 0.200. The monoisotopic (exact) mass is 268 g/mol. The zero-order valence-corrected chi connectivity index (χ0v) is 11.5. The molecule has 102 valence electrons. The molecule has 0 atom stereocenters. The number of aromatic nitrogens is 3. The van der Waals surface area contributed by atoms with Crippen molar-refractivity contribution in [3.8, 4) is 11.6 Å². The molecule has 0 aliphatic heterocycles. The van der Waals surface area contributed by atoms with Gasteiger partial charge in [0.25, 0.3) is 0 Å². The lowest BCUT2D eigenvalue weighted by molar-refractivity contribution is 0.458. The number of rotatable bonds is 3. The van der Waals surface area contributed by atoms with Crippen LogP contribution in [0.5, 0.6) is 11.6 Å². The van der Waals surface area contributed by atoms with Crippen molar-refractivity contribution in [2.45, 2.75) is 20.4 Å². The highest BCUT2D eigenvalue weighted by molar-refractivity contribution is 5.57. The summed E-state index contributed by atoms with van der Waals surface area (Å²) in [7, 11) is 0. The third kappa shape index (κ3) is 2.12. The number of hydrogen-bond acceptors (Lipinski definition) is 4. The standard InChI is InChI=1S/C15H16N4O/c1-10-7-12(9-16)8-11(2)14(10)20-15-13-3-4-18-19(13)6-5-17-15/h3-8H,9,16H2,1-2H3. The van der Waals surface area contributed by atoms with Crippen LogP contribution < -0.4 is 10.5 Å². The van der Waals surface area contributed by atoms with Gasteiger partial charge in [-0.2, -0.15) is 5.10 Å². The number of hydrogen-bond donors (Lipinski definition) is 1.